The van der Waals surface area contributed by atoms with Crippen LogP contribution in [0.3, 0.4) is 0 Å². The van der Waals surface area contributed by atoms with Crippen LogP contribution in [-0.2, 0) is 6.42 Å². The van der Waals surface area contributed by atoms with Gasteiger partial charge in [-0.05, 0) is 30.4 Å². The molecule has 1 aromatic carbocycles. The lowest BCUT2D eigenvalue weighted by Gasteiger charge is -2.27. The van der Waals surface area contributed by atoms with E-state index in [4.69, 9.17) is 0 Å². The molecule has 0 saturated carbocycles. The summed E-state index contributed by atoms with van der Waals surface area (Å²) in [5, 5.41) is 3.44. The van der Waals surface area contributed by atoms with Gasteiger partial charge in [-0.15, -0.1) is 0 Å². The van der Waals surface area contributed by atoms with Crippen molar-refractivity contribution in [3.63, 3.8) is 0 Å². The Balaban J connectivity index is 2.39. The third kappa shape index (κ3) is 1.73. The molecule has 1 aromatic rings. The Morgan fingerprint density at radius 2 is 2.00 bits per heavy atom. The van der Waals surface area contributed by atoms with E-state index < -0.39 is 0 Å². The fourth-order valence-electron chi connectivity index (χ4n) is 2.09. The first-order valence-corrected chi connectivity index (χ1v) is 5.44. The zero-order valence-electron chi connectivity index (χ0n) is 9.82. The molecule has 1 aliphatic rings. The second-order valence-corrected chi connectivity index (χ2v) is 5.48. The maximum Gasteiger partial charge on any atom is 0.128 e. The second-order valence-electron chi connectivity index (χ2n) is 5.48. The number of anilines is 1. The van der Waals surface area contributed by atoms with Crippen molar-refractivity contribution in [1.82, 2.24) is 0 Å². The highest BCUT2D eigenvalue weighted by Crippen LogP contribution is 2.37. The van der Waals surface area contributed by atoms with Crippen LogP contribution in [0, 0.1) is 18.2 Å². The average Bonchev–Trinajstić information content (AvgIpc) is 2.56. The summed E-state index contributed by atoms with van der Waals surface area (Å²) in [4.78, 5) is 0. The van der Waals surface area contributed by atoms with Crippen molar-refractivity contribution in [2.75, 3.05) is 5.32 Å². The van der Waals surface area contributed by atoms with E-state index in [0.29, 0.717) is 6.04 Å². The molecule has 1 nitrogen and oxygen atoms in total. The Morgan fingerprint density at radius 1 is 1.33 bits per heavy atom. The third-order valence-corrected chi connectivity index (χ3v) is 3.24. The number of nitrogens with one attached hydrogen (secondary N) is 1. The van der Waals surface area contributed by atoms with Gasteiger partial charge in [-0.2, -0.15) is 0 Å². The molecule has 1 N–H and O–H groups in total. The maximum absolute atomic E-state index is 13.6. The molecule has 0 amide bonds. The van der Waals surface area contributed by atoms with Crippen molar-refractivity contribution in [2.24, 2.45) is 5.41 Å². The van der Waals surface area contributed by atoms with Crippen LogP contribution in [0.4, 0.5) is 10.1 Å². The first-order valence-electron chi connectivity index (χ1n) is 5.44. The van der Waals surface area contributed by atoms with Crippen molar-refractivity contribution in [3.8, 4) is 0 Å². The molecule has 1 unspecified atom stereocenters. The number of hydrogen-bond donors (Lipinski definition) is 1. The van der Waals surface area contributed by atoms with Gasteiger partial charge in [0.15, 0.2) is 0 Å². The molecular weight excluding hydrogens is 189 g/mol. The molecule has 0 fully saturated rings. The molecule has 0 spiro atoms. The van der Waals surface area contributed by atoms with E-state index in [1.807, 2.05) is 13.0 Å². The topological polar surface area (TPSA) is 12.0 Å². The van der Waals surface area contributed by atoms with Crippen molar-refractivity contribution < 1.29 is 4.39 Å². The molecule has 82 valence electrons. The van der Waals surface area contributed by atoms with Gasteiger partial charge in [0.25, 0.3) is 0 Å². The molecular formula is C13H18FN. The van der Waals surface area contributed by atoms with Crippen LogP contribution in [0.25, 0.3) is 0 Å². The number of halogens is 1. The van der Waals surface area contributed by atoms with Crippen molar-refractivity contribution in [1.29, 1.82) is 0 Å². The molecule has 0 aliphatic carbocycles. The maximum atomic E-state index is 13.6. The van der Waals surface area contributed by atoms with Gasteiger partial charge in [-0.1, -0.05) is 26.8 Å². The lowest BCUT2D eigenvalue weighted by Crippen LogP contribution is -2.31. The summed E-state index contributed by atoms with van der Waals surface area (Å²) in [6, 6.07) is 3.75. The van der Waals surface area contributed by atoms with Gasteiger partial charge in [0.05, 0.1) is 0 Å². The molecule has 2 rings (SSSR count). The molecule has 1 atom stereocenters. The average molecular weight is 207 g/mol. The Bertz CT molecular complexity index is 359. The smallest absolute Gasteiger partial charge is 0.128 e. The summed E-state index contributed by atoms with van der Waals surface area (Å²) in [5.74, 6) is -0.0742. The Hall–Kier alpha value is -1.05. The monoisotopic (exact) mass is 207 g/mol. The van der Waals surface area contributed by atoms with Crippen LogP contribution >= 0.6 is 0 Å². The Labute approximate surface area is 90.7 Å². The quantitative estimate of drug-likeness (QED) is 0.686. The zero-order chi connectivity index (χ0) is 11.2. The predicted octanol–water partition coefficient (Wildman–Crippen LogP) is 3.52. The van der Waals surface area contributed by atoms with Crippen molar-refractivity contribution >= 4 is 5.69 Å². The number of fused-ring (bicyclic) bond motifs is 1. The van der Waals surface area contributed by atoms with Gasteiger partial charge in [-0.25, -0.2) is 4.39 Å². The van der Waals surface area contributed by atoms with E-state index in [2.05, 4.69) is 26.1 Å². The SMILES string of the molecule is Cc1ccc(F)c2c1NC(C(C)(C)C)C2. The summed E-state index contributed by atoms with van der Waals surface area (Å²) in [5.41, 5.74) is 3.17. The lowest BCUT2D eigenvalue weighted by atomic mass is 9.85. The van der Waals surface area contributed by atoms with Crippen LogP contribution in [0.2, 0.25) is 0 Å². The first-order chi connectivity index (χ1) is 6.89. The fraction of sp³-hybridized carbons (Fsp3) is 0.538. The van der Waals surface area contributed by atoms with Crippen LogP contribution in [0.15, 0.2) is 12.1 Å². The van der Waals surface area contributed by atoms with E-state index in [1.165, 1.54) is 0 Å². The van der Waals surface area contributed by atoms with Crippen LogP contribution < -0.4 is 5.32 Å². The van der Waals surface area contributed by atoms with Gasteiger partial charge >= 0.3 is 0 Å². The molecule has 0 bridgehead atoms. The summed E-state index contributed by atoms with van der Waals surface area (Å²) in [6.07, 6.45) is 0.798. The van der Waals surface area contributed by atoms with Gasteiger partial charge in [-0.3, -0.25) is 0 Å². The zero-order valence-corrected chi connectivity index (χ0v) is 9.82. The number of rotatable bonds is 0. The van der Waals surface area contributed by atoms with Crippen LogP contribution in [0.5, 0.6) is 0 Å². The van der Waals surface area contributed by atoms with Gasteiger partial charge in [0, 0.05) is 17.3 Å². The van der Waals surface area contributed by atoms with E-state index >= 15 is 0 Å². The highest BCUT2D eigenvalue weighted by atomic mass is 19.1. The van der Waals surface area contributed by atoms with E-state index in [-0.39, 0.29) is 11.2 Å². The summed E-state index contributed by atoms with van der Waals surface area (Å²) >= 11 is 0. The molecule has 2 heteroatoms. The standard InChI is InChI=1S/C13H18FN/c1-8-5-6-10(14)9-7-11(13(2,3)4)15-12(8)9/h5-6,11,15H,7H2,1-4H3. The highest BCUT2D eigenvalue weighted by molar-refractivity contribution is 5.62. The molecule has 1 aliphatic heterocycles. The molecule has 15 heavy (non-hydrogen) atoms. The van der Waals surface area contributed by atoms with E-state index in [9.17, 15) is 4.39 Å². The highest BCUT2D eigenvalue weighted by Gasteiger charge is 2.32. The third-order valence-electron chi connectivity index (χ3n) is 3.24. The van der Waals surface area contributed by atoms with Gasteiger partial charge < -0.3 is 5.32 Å². The Kier molecular flexibility index (Phi) is 2.25. The number of aryl methyl sites for hydroxylation is 1. The summed E-state index contributed by atoms with van der Waals surface area (Å²) in [7, 11) is 0. The minimum atomic E-state index is -0.0742. The first kappa shape index (κ1) is 10.5. The molecule has 1 heterocycles. The Morgan fingerprint density at radius 3 is 2.53 bits per heavy atom. The number of hydrogen-bond acceptors (Lipinski definition) is 1. The molecule has 0 aromatic heterocycles. The lowest BCUT2D eigenvalue weighted by molar-refractivity contribution is 0.346. The van der Waals surface area contributed by atoms with Crippen LogP contribution in [-0.4, -0.2) is 6.04 Å². The van der Waals surface area contributed by atoms with Crippen LogP contribution in [0.1, 0.15) is 31.9 Å². The van der Waals surface area contributed by atoms with E-state index in [1.54, 1.807) is 6.07 Å². The van der Waals surface area contributed by atoms with Gasteiger partial charge in [0.1, 0.15) is 5.82 Å². The van der Waals surface area contributed by atoms with E-state index in [0.717, 1.165) is 23.2 Å². The second kappa shape index (κ2) is 3.22. The normalized spacial score (nSPS) is 19.9. The summed E-state index contributed by atoms with van der Waals surface area (Å²) < 4.78 is 13.6. The summed E-state index contributed by atoms with van der Waals surface area (Å²) in [6.45, 7) is 8.58. The minimum absolute atomic E-state index is 0.0742. The molecule has 0 radical (unpaired) electrons. The molecule has 0 saturated heterocycles. The largest absolute Gasteiger partial charge is 0.381 e. The fourth-order valence-corrected chi connectivity index (χ4v) is 2.09. The minimum Gasteiger partial charge on any atom is -0.381 e. The number of benzene rings is 1. The predicted molar refractivity (Wildman–Crippen MR) is 61.7 cm³/mol. The van der Waals surface area contributed by atoms with Crippen molar-refractivity contribution in [3.05, 3.63) is 29.1 Å². The van der Waals surface area contributed by atoms with Crippen molar-refractivity contribution in [2.45, 2.75) is 40.2 Å². The van der Waals surface area contributed by atoms with Gasteiger partial charge in [0.2, 0.25) is 0 Å².